The van der Waals surface area contributed by atoms with Crippen molar-refractivity contribution in [3.63, 3.8) is 0 Å². The first-order valence-corrected chi connectivity index (χ1v) is 5.97. The van der Waals surface area contributed by atoms with E-state index in [1.54, 1.807) is 11.9 Å². The van der Waals surface area contributed by atoms with E-state index >= 15 is 0 Å². The van der Waals surface area contributed by atoms with E-state index in [0.717, 1.165) is 6.42 Å². The largest absolute Gasteiger partial charge is 0.409 e. The van der Waals surface area contributed by atoms with Gasteiger partial charge in [0.25, 0.3) is 0 Å². The Morgan fingerprint density at radius 2 is 2.50 bits per heavy atom. The van der Waals surface area contributed by atoms with Crippen molar-refractivity contribution in [2.24, 2.45) is 10.9 Å². The quantitative estimate of drug-likeness (QED) is 0.267. The fraction of sp³-hybridized carbons (Fsp3) is 0.455. The molecule has 0 aliphatic carbocycles. The normalized spacial score (nSPS) is 19.1. The predicted octanol–water partition coefficient (Wildman–Crippen LogP) is 0.309. The second-order valence-electron chi connectivity index (χ2n) is 4.44. The van der Waals surface area contributed by atoms with Crippen molar-refractivity contribution in [3.8, 4) is 0 Å². The minimum Gasteiger partial charge on any atom is -0.409 e. The Morgan fingerprint density at radius 3 is 3.05 bits per heavy atom. The SMILES string of the molecule is CN(c1ncc(C(N)=NO)cc1[N+](=O)[O-])C1CCOC1. The van der Waals surface area contributed by atoms with Crippen LogP contribution in [0.25, 0.3) is 0 Å². The summed E-state index contributed by atoms with van der Waals surface area (Å²) in [5.41, 5.74) is 5.42. The van der Waals surface area contributed by atoms with Crippen molar-refractivity contribution in [1.29, 1.82) is 0 Å². The average molecular weight is 281 g/mol. The molecule has 1 aliphatic heterocycles. The number of rotatable bonds is 4. The first-order valence-electron chi connectivity index (χ1n) is 5.97. The molecule has 1 atom stereocenters. The molecule has 0 radical (unpaired) electrons. The molecule has 0 aromatic carbocycles. The molecule has 0 spiro atoms. The zero-order valence-electron chi connectivity index (χ0n) is 10.9. The number of nitro groups is 1. The first-order chi connectivity index (χ1) is 9.54. The van der Waals surface area contributed by atoms with E-state index in [1.807, 2.05) is 0 Å². The van der Waals surface area contributed by atoms with Crippen LogP contribution >= 0.6 is 0 Å². The molecule has 0 saturated carbocycles. The number of pyridine rings is 1. The van der Waals surface area contributed by atoms with Gasteiger partial charge in [-0.3, -0.25) is 10.1 Å². The second-order valence-corrected chi connectivity index (χ2v) is 4.44. The maximum absolute atomic E-state index is 11.2. The summed E-state index contributed by atoms with van der Waals surface area (Å²) in [6.07, 6.45) is 2.13. The van der Waals surface area contributed by atoms with Gasteiger partial charge in [0, 0.05) is 31.5 Å². The lowest BCUT2D eigenvalue weighted by atomic mass is 10.2. The summed E-state index contributed by atoms with van der Waals surface area (Å²) in [7, 11) is 1.73. The van der Waals surface area contributed by atoms with Gasteiger partial charge in [0.05, 0.1) is 17.6 Å². The van der Waals surface area contributed by atoms with E-state index in [1.165, 1.54) is 12.3 Å². The third-order valence-corrected chi connectivity index (χ3v) is 3.23. The van der Waals surface area contributed by atoms with Crippen LogP contribution in [-0.2, 0) is 4.74 Å². The zero-order chi connectivity index (χ0) is 14.7. The van der Waals surface area contributed by atoms with Gasteiger partial charge in [-0.25, -0.2) is 4.98 Å². The number of hydrogen-bond donors (Lipinski definition) is 2. The van der Waals surface area contributed by atoms with Gasteiger partial charge in [-0.1, -0.05) is 5.16 Å². The van der Waals surface area contributed by atoms with Crippen LogP contribution in [0.4, 0.5) is 11.5 Å². The molecule has 9 nitrogen and oxygen atoms in total. The summed E-state index contributed by atoms with van der Waals surface area (Å²) in [5, 5.41) is 22.6. The molecule has 0 bridgehead atoms. The highest BCUT2D eigenvalue weighted by atomic mass is 16.6. The smallest absolute Gasteiger partial charge is 0.312 e. The maximum Gasteiger partial charge on any atom is 0.312 e. The Bertz CT molecular complexity index is 542. The van der Waals surface area contributed by atoms with Gasteiger partial charge in [0.15, 0.2) is 5.84 Å². The molecule has 2 heterocycles. The van der Waals surface area contributed by atoms with Crippen LogP contribution in [0.1, 0.15) is 12.0 Å². The highest BCUT2D eigenvalue weighted by Gasteiger charge is 2.27. The number of oxime groups is 1. The third-order valence-electron chi connectivity index (χ3n) is 3.23. The van der Waals surface area contributed by atoms with Crippen molar-refractivity contribution in [2.75, 3.05) is 25.2 Å². The fourth-order valence-electron chi connectivity index (χ4n) is 2.05. The minimum atomic E-state index is -0.539. The number of hydrogen-bond acceptors (Lipinski definition) is 7. The van der Waals surface area contributed by atoms with Crippen LogP contribution in [0.15, 0.2) is 17.4 Å². The van der Waals surface area contributed by atoms with Crippen LogP contribution in [0.2, 0.25) is 0 Å². The van der Waals surface area contributed by atoms with E-state index in [4.69, 9.17) is 15.7 Å². The molecule has 1 aliphatic rings. The topological polar surface area (TPSA) is 127 Å². The van der Waals surface area contributed by atoms with E-state index in [0.29, 0.717) is 13.2 Å². The molecular weight excluding hydrogens is 266 g/mol. The monoisotopic (exact) mass is 281 g/mol. The highest BCUT2D eigenvalue weighted by molar-refractivity contribution is 5.97. The molecule has 2 rings (SSSR count). The van der Waals surface area contributed by atoms with E-state index in [9.17, 15) is 10.1 Å². The molecule has 20 heavy (non-hydrogen) atoms. The molecule has 3 N–H and O–H groups in total. The number of nitrogens with two attached hydrogens (primary N) is 1. The van der Waals surface area contributed by atoms with Gasteiger partial charge in [-0.2, -0.15) is 0 Å². The van der Waals surface area contributed by atoms with Crippen molar-refractivity contribution in [1.82, 2.24) is 4.98 Å². The van der Waals surface area contributed by atoms with Gasteiger partial charge in [0.2, 0.25) is 5.82 Å². The second kappa shape index (κ2) is 5.70. The molecule has 1 aromatic rings. The van der Waals surface area contributed by atoms with Crippen molar-refractivity contribution >= 4 is 17.3 Å². The summed E-state index contributed by atoms with van der Waals surface area (Å²) < 4.78 is 5.27. The maximum atomic E-state index is 11.2. The number of ether oxygens (including phenoxy) is 1. The molecule has 1 fully saturated rings. The lowest BCUT2D eigenvalue weighted by Crippen LogP contribution is -2.33. The third kappa shape index (κ3) is 2.62. The van der Waals surface area contributed by atoms with E-state index in [-0.39, 0.29) is 28.9 Å². The number of likely N-dealkylation sites (N-methyl/N-ethyl adjacent to an activating group) is 1. The van der Waals surface area contributed by atoms with Gasteiger partial charge in [0.1, 0.15) is 0 Å². The molecule has 1 unspecified atom stereocenters. The summed E-state index contributed by atoms with van der Waals surface area (Å²) in [4.78, 5) is 16.4. The number of anilines is 1. The lowest BCUT2D eigenvalue weighted by Gasteiger charge is -2.23. The fourth-order valence-corrected chi connectivity index (χ4v) is 2.05. The Hall–Kier alpha value is -2.42. The van der Waals surface area contributed by atoms with Crippen molar-refractivity contribution < 1.29 is 14.9 Å². The lowest BCUT2D eigenvalue weighted by molar-refractivity contribution is -0.384. The molecule has 1 saturated heterocycles. The number of nitrogens with zero attached hydrogens (tertiary/aromatic N) is 4. The Labute approximate surface area is 114 Å². The summed E-state index contributed by atoms with van der Waals surface area (Å²) in [5.74, 6) is 0.0130. The van der Waals surface area contributed by atoms with Gasteiger partial charge in [-0.05, 0) is 6.42 Å². The van der Waals surface area contributed by atoms with E-state index in [2.05, 4.69) is 10.1 Å². The average Bonchev–Trinajstić information content (AvgIpc) is 2.99. The molecule has 1 aromatic heterocycles. The summed E-state index contributed by atoms with van der Waals surface area (Å²) in [6.45, 7) is 1.14. The van der Waals surface area contributed by atoms with Crippen LogP contribution in [0.5, 0.6) is 0 Å². The van der Waals surface area contributed by atoms with Crippen LogP contribution in [-0.4, -0.2) is 47.3 Å². The van der Waals surface area contributed by atoms with Crippen LogP contribution in [0, 0.1) is 10.1 Å². The predicted molar refractivity (Wildman–Crippen MR) is 71.0 cm³/mol. The summed E-state index contributed by atoms with van der Waals surface area (Å²) >= 11 is 0. The molecule has 0 amide bonds. The Kier molecular flexibility index (Phi) is 3.99. The van der Waals surface area contributed by atoms with Gasteiger partial charge < -0.3 is 20.6 Å². The highest BCUT2D eigenvalue weighted by Crippen LogP contribution is 2.28. The van der Waals surface area contributed by atoms with Gasteiger partial charge in [-0.15, -0.1) is 0 Å². The Morgan fingerprint density at radius 1 is 1.75 bits per heavy atom. The number of amidine groups is 1. The number of aromatic nitrogens is 1. The van der Waals surface area contributed by atoms with Crippen LogP contribution < -0.4 is 10.6 Å². The van der Waals surface area contributed by atoms with Crippen molar-refractivity contribution in [3.05, 3.63) is 27.9 Å². The van der Waals surface area contributed by atoms with Gasteiger partial charge >= 0.3 is 5.69 Å². The molecule has 9 heteroatoms. The molecule has 108 valence electrons. The standard InChI is InChI=1S/C11H15N5O4/c1-15(8-2-3-20-6-8)11-9(16(18)19)4-7(5-13-11)10(12)14-17/h4-5,8,17H,2-3,6H2,1H3,(H2,12,14). The molecular formula is C11H15N5O4. The summed E-state index contributed by atoms with van der Waals surface area (Å²) in [6, 6.07) is 1.29. The minimum absolute atomic E-state index is 0.0518. The first kappa shape index (κ1) is 14.0. The Balaban J connectivity index is 2.39. The van der Waals surface area contributed by atoms with E-state index < -0.39 is 4.92 Å². The van der Waals surface area contributed by atoms with Crippen molar-refractivity contribution in [2.45, 2.75) is 12.5 Å². The van der Waals surface area contributed by atoms with Crippen LogP contribution in [0.3, 0.4) is 0 Å². The zero-order valence-corrected chi connectivity index (χ0v) is 10.9.